The number of carbonyl (C=O) groups is 2. The Morgan fingerprint density at radius 2 is 1.85 bits per heavy atom. The lowest BCUT2D eigenvalue weighted by atomic mass is 9.36. The molecule has 5 heterocycles. The van der Waals surface area contributed by atoms with Gasteiger partial charge in [0.15, 0.2) is 6.10 Å². The Hall–Kier alpha value is -1.90. The van der Waals surface area contributed by atoms with Crippen molar-refractivity contribution in [1.82, 2.24) is 0 Å². The molecule has 1 unspecified atom stereocenters. The van der Waals surface area contributed by atoms with Crippen molar-refractivity contribution in [2.45, 2.75) is 89.0 Å². The van der Waals surface area contributed by atoms with Gasteiger partial charge < -0.3 is 28.5 Å². The molecule has 2 aliphatic carbocycles. The monoisotopic (exact) mass is 472 g/mol. The molecule has 1 N–H and O–H groups in total. The van der Waals surface area contributed by atoms with E-state index in [1.54, 1.807) is 12.5 Å². The summed E-state index contributed by atoms with van der Waals surface area (Å²) < 4.78 is 30.0. The van der Waals surface area contributed by atoms with E-state index in [1.165, 1.54) is 0 Å². The highest BCUT2D eigenvalue weighted by molar-refractivity contribution is 5.82. The summed E-state index contributed by atoms with van der Waals surface area (Å²) in [6, 6.07) is 1.84. The average molecular weight is 473 g/mol. The number of cyclic esters (lactones) is 2. The van der Waals surface area contributed by atoms with E-state index in [1.807, 2.05) is 6.07 Å². The van der Waals surface area contributed by atoms with Crippen molar-refractivity contribution in [1.29, 1.82) is 0 Å². The SMILES string of the molecule is CC1(C)OC2CC(=O)OC[C@]23[C@H]2CC[C@@]4(C)[C@H](c5ccoc5)OC(=O)[C@H]5O[C@]54[C@]2(C)[C@H](O)C[C@@H]13. The van der Waals surface area contributed by atoms with Crippen molar-refractivity contribution in [3.8, 4) is 0 Å². The number of furan rings is 1. The lowest BCUT2D eigenvalue weighted by Crippen LogP contribution is -2.73. The van der Waals surface area contributed by atoms with Crippen molar-refractivity contribution >= 4 is 11.9 Å². The van der Waals surface area contributed by atoms with Crippen molar-refractivity contribution < 1.29 is 38.1 Å². The van der Waals surface area contributed by atoms with Crippen LogP contribution >= 0.6 is 0 Å². The fourth-order valence-electron chi connectivity index (χ4n) is 9.62. The van der Waals surface area contributed by atoms with Gasteiger partial charge >= 0.3 is 11.9 Å². The Kier molecular flexibility index (Phi) is 3.82. The van der Waals surface area contributed by atoms with Gasteiger partial charge in [-0.2, -0.15) is 0 Å². The number of hydrogen-bond acceptors (Lipinski definition) is 8. The molecule has 4 aliphatic heterocycles. The standard InChI is InChI=1S/C26H32O8/c1-22(2)15-9-16(27)24(4)14(25(15)12-31-18(28)10-17(25)33-22)5-7-23(3)19(13-6-8-30-11-13)32-21(29)20-26(23,24)34-20/h6,8,11,14-17,19-20,27H,5,7,9-10,12H2,1-4H3/t14-,15-,16+,17?,19-,20+,23-,24-,25+,26+/m0/s1. The predicted octanol–water partition coefficient (Wildman–Crippen LogP) is 2.93. The molecule has 10 atom stereocenters. The Balaban J connectivity index is 1.40. The zero-order chi connectivity index (χ0) is 23.9. The maximum atomic E-state index is 13.2. The number of fused-ring (bicyclic) bond motifs is 1. The molecule has 1 aromatic heterocycles. The number of aliphatic hydroxyl groups is 1. The fourth-order valence-corrected chi connectivity index (χ4v) is 9.62. The van der Waals surface area contributed by atoms with Gasteiger partial charge in [-0.05, 0) is 45.1 Å². The maximum absolute atomic E-state index is 13.2. The Labute approximate surface area is 198 Å². The van der Waals surface area contributed by atoms with Gasteiger partial charge in [0.05, 0.1) is 36.8 Å². The first-order chi connectivity index (χ1) is 16.0. The van der Waals surface area contributed by atoms with Crippen molar-refractivity contribution in [3.63, 3.8) is 0 Å². The van der Waals surface area contributed by atoms with Crippen molar-refractivity contribution in [2.24, 2.45) is 28.1 Å². The van der Waals surface area contributed by atoms with Crippen LogP contribution in [0.1, 0.15) is 65.0 Å². The third-order valence-electron chi connectivity index (χ3n) is 11.0. The molecule has 8 heteroatoms. The third-order valence-corrected chi connectivity index (χ3v) is 11.0. The predicted molar refractivity (Wildman–Crippen MR) is 115 cm³/mol. The minimum atomic E-state index is -0.877. The van der Waals surface area contributed by atoms with Crippen molar-refractivity contribution in [2.75, 3.05) is 6.61 Å². The first kappa shape index (κ1) is 21.4. The second-order valence-electron chi connectivity index (χ2n) is 12.4. The lowest BCUT2D eigenvalue weighted by molar-refractivity contribution is -0.261. The lowest BCUT2D eigenvalue weighted by Gasteiger charge is -2.67. The van der Waals surface area contributed by atoms with Crippen LogP contribution in [0.15, 0.2) is 23.0 Å². The first-order valence-corrected chi connectivity index (χ1v) is 12.4. The highest BCUT2D eigenvalue weighted by Crippen LogP contribution is 2.80. The molecule has 6 fully saturated rings. The molecular weight excluding hydrogens is 440 g/mol. The summed E-state index contributed by atoms with van der Waals surface area (Å²) in [4.78, 5) is 25.5. The van der Waals surface area contributed by atoms with Gasteiger partial charge in [-0.1, -0.05) is 13.8 Å². The van der Waals surface area contributed by atoms with E-state index in [0.29, 0.717) is 6.42 Å². The second-order valence-corrected chi connectivity index (χ2v) is 12.4. The van der Waals surface area contributed by atoms with E-state index in [2.05, 4.69) is 27.7 Å². The quantitative estimate of drug-likeness (QED) is 0.491. The number of ether oxygens (including phenoxy) is 4. The van der Waals surface area contributed by atoms with Crippen LogP contribution in [0.2, 0.25) is 0 Å². The minimum Gasteiger partial charge on any atom is -0.472 e. The van der Waals surface area contributed by atoms with Crippen LogP contribution in [0.25, 0.3) is 0 Å². The number of aliphatic hydroxyl groups excluding tert-OH is 1. The molecule has 6 aliphatic rings. The van der Waals surface area contributed by atoms with Crippen LogP contribution in [0.5, 0.6) is 0 Å². The van der Waals surface area contributed by atoms with Gasteiger partial charge in [-0.3, -0.25) is 4.79 Å². The molecule has 0 radical (unpaired) electrons. The van der Waals surface area contributed by atoms with E-state index in [9.17, 15) is 14.7 Å². The van der Waals surface area contributed by atoms with E-state index in [4.69, 9.17) is 23.4 Å². The summed E-state index contributed by atoms with van der Waals surface area (Å²) in [5.41, 5.74) is -2.27. The van der Waals surface area contributed by atoms with Gasteiger partial charge in [0.2, 0.25) is 0 Å². The zero-order valence-corrected chi connectivity index (χ0v) is 20.0. The fraction of sp³-hybridized carbons (Fsp3) is 0.769. The van der Waals surface area contributed by atoms with Gasteiger partial charge in [0.1, 0.15) is 18.3 Å². The van der Waals surface area contributed by atoms with Crippen LogP contribution in [-0.4, -0.2) is 53.2 Å². The Morgan fingerprint density at radius 3 is 2.59 bits per heavy atom. The van der Waals surface area contributed by atoms with Crippen LogP contribution in [-0.2, 0) is 28.5 Å². The largest absolute Gasteiger partial charge is 0.472 e. The summed E-state index contributed by atoms with van der Waals surface area (Å²) in [5, 5.41) is 11.9. The zero-order valence-electron chi connectivity index (χ0n) is 20.0. The number of epoxide rings is 1. The highest BCUT2D eigenvalue weighted by Gasteiger charge is 2.89. The molecule has 2 spiro atoms. The number of carbonyl (C=O) groups excluding carboxylic acids is 2. The summed E-state index contributed by atoms with van der Waals surface area (Å²) in [6.45, 7) is 8.63. The Morgan fingerprint density at radius 1 is 1.06 bits per heavy atom. The van der Waals surface area contributed by atoms with E-state index < -0.39 is 45.8 Å². The highest BCUT2D eigenvalue weighted by atomic mass is 16.7. The third kappa shape index (κ3) is 2.07. The Bertz CT molecular complexity index is 1080. The summed E-state index contributed by atoms with van der Waals surface area (Å²) >= 11 is 0. The van der Waals surface area contributed by atoms with Crippen LogP contribution in [0.4, 0.5) is 0 Å². The second kappa shape index (κ2) is 6.08. The van der Waals surface area contributed by atoms with E-state index in [-0.39, 0.29) is 42.9 Å². The molecule has 4 saturated heterocycles. The summed E-state index contributed by atoms with van der Waals surface area (Å²) in [5.74, 6) is -0.625. The molecule has 7 rings (SSSR count). The average Bonchev–Trinajstić information content (AvgIpc) is 3.26. The van der Waals surface area contributed by atoms with Gasteiger partial charge in [-0.15, -0.1) is 0 Å². The molecular formula is C26H32O8. The molecule has 0 aromatic carbocycles. The molecule has 34 heavy (non-hydrogen) atoms. The molecule has 184 valence electrons. The van der Waals surface area contributed by atoms with Gasteiger partial charge in [0.25, 0.3) is 0 Å². The topological polar surface area (TPSA) is 108 Å². The summed E-state index contributed by atoms with van der Waals surface area (Å²) in [6.07, 6.45) is 3.27. The minimum absolute atomic E-state index is 0.0318. The molecule has 1 aromatic rings. The van der Waals surface area contributed by atoms with Crippen molar-refractivity contribution in [3.05, 3.63) is 24.2 Å². The summed E-state index contributed by atoms with van der Waals surface area (Å²) in [7, 11) is 0. The first-order valence-electron chi connectivity index (χ1n) is 12.4. The molecule has 2 saturated carbocycles. The van der Waals surface area contributed by atoms with Crippen LogP contribution < -0.4 is 0 Å². The van der Waals surface area contributed by atoms with Gasteiger partial charge in [-0.25, -0.2) is 4.79 Å². The van der Waals surface area contributed by atoms with Crippen LogP contribution in [0.3, 0.4) is 0 Å². The molecule has 0 amide bonds. The molecule has 8 nitrogen and oxygen atoms in total. The maximum Gasteiger partial charge on any atom is 0.339 e. The van der Waals surface area contributed by atoms with E-state index in [0.717, 1.165) is 18.4 Å². The number of rotatable bonds is 1. The molecule has 0 bridgehead atoms. The van der Waals surface area contributed by atoms with Gasteiger partial charge in [0, 0.05) is 27.7 Å². The number of esters is 2. The number of hydrogen-bond donors (Lipinski definition) is 1. The smallest absolute Gasteiger partial charge is 0.339 e. The van der Waals surface area contributed by atoms with Crippen LogP contribution in [0, 0.1) is 28.1 Å². The van der Waals surface area contributed by atoms with E-state index >= 15 is 0 Å². The normalized spacial score (nSPS) is 54.5.